The average molecular weight is 274 g/mol. The molecule has 1 atom stereocenters. The monoisotopic (exact) mass is 274 g/mol. The van der Waals surface area contributed by atoms with Crippen LogP contribution in [0, 0.1) is 0 Å². The predicted octanol–water partition coefficient (Wildman–Crippen LogP) is 0.370. The summed E-state index contributed by atoms with van der Waals surface area (Å²) in [5.41, 5.74) is 0. The standard InChI is InChI=1S/C10H15FN4O2S/c1-9(10-12-3-2-4-13-10)14-5-7-15(8-6-14)18(11,16)17/h2-4,9H,5-8H2,1H3. The second kappa shape index (κ2) is 5.25. The Balaban J connectivity index is 1.98. The van der Waals surface area contributed by atoms with E-state index in [0.29, 0.717) is 18.9 Å². The summed E-state index contributed by atoms with van der Waals surface area (Å²) < 4.78 is 35.1. The minimum Gasteiger partial charge on any atom is -0.291 e. The average Bonchev–Trinajstić information content (AvgIpc) is 2.38. The zero-order chi connectivity index (χ0) is 13.2. The summed E-state index contributed by atoms with van der Waals surface area (Å²) in [7, 11) is -4.56. The van der Waals surface area contributed by atoms with Crippen LogP contribution in [-0.2, 0) is 10.4 Å². The van der Waals surface area contributed by atoms with E-state index in [0.717, 1.165) is 4.31 Å². The van der Waals surface area contributed by atoms with E-state index >= 15 is 0 Å². The van der Waals surface area contributed by atoms with Gasteiger partial charge in [0, 0.05) is 38.6 Å². The second-order valence-electron chi connectivity index (χ2n) is 4.16. The fourth-order valence-electron chi connectivity index (χ4n) is 2.00. The molecule has 1 aromatic rings. The number of rotatable bonds is 3. The van der Waals surface area contributed by atoms with Gasteiger partial charge in [-0.1, -0.05) is 3.89 Å². The number of hydrogen-bond acceptors (Lipinski definition) is 5. The van der Waals surface area contributed by atoms with E-state index in [2.05, 4.69) is 9.97 Å². The maximum Gasteiger partial charge on any atom is 0.374 e. The molecule has 0 N–H and O–H groups in total. The summed E-state index contributed by atoms with van der Waals surface area (Å²) in [5.74, 6) is 0.689. The molecule has 0 radical (unpaired) electrons. The topological polar surface area (TPSA) is 66.4 Å². The first kappa shape index (κ1) is 13.3. The molecule has 8 heteroatoms. The van der Waals surface area contributed by atoms with Crippen LogP contribution < -0.4 is 0 Å². The first-order valence-corrected chi connectivity index (χ1v) is 7.03. The number of halogens is 1. The van der Waals surface area contributed by atoms with Gasteiger partial charge in [0.1, 0.15) is 5.82 Å². The molecule has 1 saturated heterocycles. The van der Waals surface area contributed by atoms with Gasteiger partial charge in [-0.05, 0) is 13.0 Å². The molecule has 0 amide bonds. The van der Waals surface area contributed by atoms with Crippen LogP contribution in [0.5, 0.6) is 0 Å². The zero-order valence-corrected chi connectivity index (χ0v) is 10.8. The summed E-state index contributed by atoms with van der Waals surface area (Å²) in [6, 6.07) is 1.74. The van der Waals surface area contributed by atoms with Crippen molar-refractivity contribution in [3.63, 3.8) is 0 Å². The number of nitrogens with zero attached hydrogens (tertiary/aromatic N) is 4. The summed E-state index contributed by atoms with van der Waals surface area (Å²) in [6.45, 7) is 3.23. The summed E-state index contributed by atoms with van der Waals surface area (Å²) >= 11 is 0. The van der Waals surface area contributed by atoms with Gasteiger partial charge in [0.25, 0.3) is 0 Å². The molecule has 0 aromatic carbocycles. The van der Waals surface area contributed by atoms with Crippen LogP contribution in [0.15, 0.2) is 18.5 Å². The van der Waals surface area contributed by atoms with Crippen molar-refractivity contribution in [2.75, 3.05) is 26.2 Å². The third-order valence-electron chi connectivity index (χ3n) is 3.09. The normalized spacial score (nSPS) is 20.8. The van der Waals surface area contributed by atoms with E-state index in [1.54, 1.807) is 18.5 Å². The van der Waals surface area contributed by atoms with Crippen LogP contribution in [0.25, 0.3) is 0 Å². The van der Waals surface area contributed by atoms with Crippen molar-refractivity contribution < 1.29 is 12.3 Å². The van der Waals surface area contributed by atoms with Crippen molar-refractivity contribution in [2.24, 2.45) is 0 Å². The molecule has 0 spiro atoms. The molecule has 1 unspecified atom stereocenters. The molecule has 1 aromatic heterocycles. The Morgan fingerprint density at radius 1 is 1.22 bits per heavy atom. The van der Waals surface area contributed by atoms with Gasteiger partial charge in [-0.25, -0.2) is 9.97 Å². The Morgan fingerprint density at radius 3 is 2.28 bits per heavy atom. The summed E-state index contributed by atoms with van der Waals surface area (Å²) in [5, 5.41) is 0. The summed E-state index contributed by atoms with van der Waals surface area (Å²) in [6.07, 6.45) is 3.34. The maximum atomic E-state index is 12.8. The number of piperazine rings is 1. The van der Waals surface area contributed by atoms with Crippen molar-refractivity contribution in [2.45, 2.75) is 13.0 Å². The minimum absolute atomic E-state index is 0.00401. The quantitative estimate of drug-likeness (QED) is 0.745. The highest BCUT2D eigenvalue weighted by Crippen LogP contribution is 2.19. The van der Waals surface area contributed by atoms with Gasteiger partial charge < -0.3 is 0 Å². The Hall–Kier alpha value is -1.12. The highest BCUT2D eigenvalue weighted by molar-refractivity contribution is 7.83. The third kappa shape index (κ3) is 3.01. The molecule has 1 aliphatic rings. The molecule has 100 valence electrons. The maximum absolute atomic E-state index is 12.8. The van der Waals surface area contributed by atoms with Gasteiger partial charge >= 0.3 is 10.4 Å². The van der Waals surface area contributed by atoms with Crippen molar-refractivity contribution in [3.8, 4) is 0 Å². The lowest BCUT2D eigenvalue weighted by Gasteiger charge is -2.35. The Bertz CT molecular complexity index is 488. The third-order valence-corrected chi connectivity index (χ3v) is 4.07. The zero-order valence-electron chi connectivity index (χ0n) is 10.0. The highest BCUT2D eigenvalue weighted by atomic mass is 32.3. The van der Waals surface area contributed by atoms with Crippen molar-refractivity contribution in [3.05, 3.63) is 24.3 Å². The predicted molar refractivity (Wildman–Crippen MR) is 63.6 cm³/mol. The van der Waals surface area contributed by atoms with E-state index in [1.165, 1.54) is 0 Å². The molecule has 1 aliphatic heterocycles. The second-order valence-corrected chi connectivity index (χ2v) is 5.50. The molecule has 2 rings (SSSR count). The van der Waals surface area contributed by atoms with Gasteiger partial charge in [-0.3, -0.25) is 4.90 Å². The van der Waals surface area contributed by atoms with Crippen molar-refractivity contribution in [1.82, 2.24) is 19.2 Å². The molecule has 2 heterocycles. The smallest absolute Gasteiger partial charge is 0.291 e. The number of hydrogen-bond donors (Lipinski definition) is 0. The lowest BCUT2D eigenvalue weighted by molar-refractivity contribution is 0.138. The molecule has 1 fully saturated rings. The molecule has 0 saturated carbocycles. The first-order chi connectivity index (χ1) is 8.48. The molecule has 0 aliphatic carbocycles. The SMILES string of the molecule is CC(c1ncccn1)N1CCN(S(=O)(=O)F)CC1. The van der Waals surface area contributed by atoms with Crippen LogP contribution in [-0.4, -0.2) is 53.8 Å². The van der Waals surface area contributed by atoms with E-state index < -0.39 is 10.4 Å². The fourth-order valence-corrected chi connectivity index (χ4v) is 2.60. The van der Waals surface area contributed by atoms with Gasteiger partial charge in [0.05, 0.1) is 6.04 Å². The largest absolute Gasteiger partial charge is 0.374 e. The van der Waals surface area contributed by atoms with Gasteiger partial charge in [0.2, 0.25) is 0 Å². The lowest BCUT2D eigenvalue weighted by Crippen LogP contribution is -2.48. The first-order valence-electron chi connectivity index (χ1n) is 5.69. The Morgan fingerprint density at radius 2 is 1.78 bits per heavy atom. The lowest BCUT2D eigenvalue weighted by atomic mass is 10.2. The van der Waals surface area contributed by atoms with Crippen LogP contribution in [0.1, 0.15) is 18.8 Å². The van der Waals surface area contributed by atoms with Gasteiger partial charge in [0.15, 0.2) is 0 Å². The Labute approximate surface area is 106 Å². The van der Waals surface area contributed by atoms with E-state index in [-0.39, 0.29) is 19.1 Å². The van der Waals surface area contributed by atoms with Gasteiger partial charge in [-0.2, -0.15) is 12.7 Å². The minimum atomic E-state index is -4.56. The fraction of sp³-hybridized carbons (Fsp3) is 0.600. The Kier molecular flexibility index (Phi) is 3.88. The van der Waals surface area contributed by atoms with Crippen LogP contribution in [0.2, 0.25) is 0 Å². The van der Waals surface area contributed by atoms with Crippen molar-refractivity contribution in [1.29, 1.82) is 0 Å². The number of aromatic nitrogens is 2. The van der Waals surface area contributed by atoms with Crippen LogP contribution in [0.4, 0.5) is 3.89 Å². The highest BCUT2D eigenvalue weighted by Gasteiger charge is 2.29. The van der Waals surface area contributed by atoms with Crippen LogP contribution in [0.3, 0.4) is 0 Å². The van der Waals surface area contributed by atoms with Crippen molar-refractivity contribution >= 4 is 10.4 Å². The van der Waals surface area contributed by atoms with Gasteiger partial charge in [-0.15, -0.1) is 0 Å². The molecule has 6 nitrogen and oxygen atoms in total. The van der Waals surface area contributed by atoms with Crippen LogP contribution >= 0.6 is 0 Å². The molecule has 0 bridgehead atoms. The molecular formula is C10H15FN4O2S. The molecule has 18 heavy (non-hydrogen) atoms. The molecular weight excluding hydrogens is 259 g/mol. The summed E-state index contributed by atoms with van der Waals surface area (Å²) in [4.78, 5) is 10.4. The van der Waals surface area contributed by atoms with E-state index in [1.807, 2.05) is 11.8 Å². The van der Waals surface area contributed by atoms with E-state index in [9.17, 15) is 12.3 Å². The van der Waals surface area contributed by atoms with E-state index in [4.69, 9.17) is 0 Å².